The Labute approximate surface area is 148 Å². The summed E-state index contributed by atoms with van der Waals surface area (Å²) in [6.45, 7) is 0. The number of anilines is 2. The molecule has 2 aliphatic carbocycles. The Bertz CT molecular complexity index is 769. The average Bonchev–Trinajstić information content (AvgIpc) is 2.62. The van der Waals surface area contributed by atoms with Gasteiger partial charge in [0.25, 0.3) is 0 Å². The van der Waals surface area contributed by atoms with E-state index in [1.54, 1.807) is 0 Å². The molecule has 5 nitrogen and oxygen atoms in total. The van der Waals surface area contributed by atoms with Crippen molar-refractivity contribution in [1.29, 1.82) is 0 Å². The number of Topliss-reactive ketones (excluding diaryl/α,β-unsaturated/α-hetero) is 1. The van der Waals surface area contributed by atoms with Crippen molar-refractivity contribution in [1.82, 2.24) is 9.97 Å². The van der Waals surface area contributed by atoms with E-state index >= 15 is 0 Å². The second-order valence-corrected chi connectivity index (χ2v) is 7.17. The second-order valence-electron chi connectivity index (χ2n) is 7.17. The Morgan fingerprint density at radius 1 is 1.00 bits per heavy atom. The van der Waals surface area contributed by atoms with E-state index in [4.69, 9.17) is 5.73 Å². The Morgan fingerprint density at radius 2 is 1.76 bits per heavy atom. The first-order valence-corrected chi connectivity index (χ1v) is 9.22. The molecule has 5 heteroatoms. The molecule has 0 spiro atoms. The van der Waals surface area contributed by atoms with Crippen molar-refractivity contribution in [2.45, 2.75) is 56.9 Å². The van der Waals surface area contributed by atoms with Gasteiger partial charge in [0.15, 0.2) is 5.78 Å². The van der Waals surface area contributed by atoms with Crippen molar-refractivity contribution in [2.24, 2.45) is 0 Å². The van der Waals surface area contributed by atoms with Crippen LogP contribution >= 0.6 is 0 Å². The van der Waals surface area contributed by atoms with Crippen molar-refractivity contribution < 1.29 is 4.79 Å². The fourth-order valence-corrected chi connectivity index (χ4v) is 4.06. The summed E-state index contributed by atoms with van der Waals surface area (Å²) < 4.78 is 0. The molecule has 0 aliphatic heterocycles. The number of hydrogen-bond donors (Lipinski definition) is 2. The van der Waals surface area contributed by atoms with Gasteiger partial charge in [0.2, 0.25) is 5.95 Å². The van der Waals surface area contributed by atoms with Crippen LogP contribution < -0.4 is 11.1 Å². The number of carbonyl (C=O) groups is 1. The number of nitrogens with one attached hydrogen (secondary N) is 1. The third-order valence-corrected chi connectivity index (χ3v) is 5.37. The fraction of sp³-hybridized carbons (Fsp3) is 0.450. The zero-order chi connectivity index (χ0) is 17.2. The van der Waals surface area contributed by atoms with Gasteiger partial charge in [-0.1, -0.05) is 49.6 Å². The van der Waals surface area contributed by atoms with Crippen molar-refractivity contribution in [3.05, 3.63) is 47.2 Å². The minimum Gasteiger partial charge on any atom is -0.383 e. The van der Waals surface area contributed by atoms with Crippen molar-refractivity contribution in [2.75, 3.05) is 11.1 Å². The van der Waals surface area contributed by atoms with Crippen LogP contribution in [0.4, 0.5) is 11.8 Å². The summed E-state index contributed by atoms with van der Waals surface area (Å²) in [5, 5.41) is 3.43. The van der Waals surface area contributed by atoms with E-state index in [9.17, 15) is 4.79 Å². The maximum absolute atomic E-state index is 12.6. The van der Waals surface area contributed by atoms with Crippen molar-refractivity contribution in [3.8, 4) is 0 Å². The zero-order valence-electron chi connectivity index (χ0n) is 14.4. The lowest BCUT2D eigenvalue weighted by molar-refractivity contribution is 0.0964. The lowest BCUT2D eigenvalue weighted by Crippen LogP contribution is -2.27. The summed E-state index contributed by atoms with van der Waals surface area (Å²) in [6, 6.07) is 10.6. The molecule has 1 atom stereocenters. The highest BCUT2D eigenvalue weighted by molar-refractivity contribution is 6.02. The minimum absolute atomic E-state index is 0.0526. The largest absolute Gasteiger partial charge is 0.383 e. The molecule has 2 aliphatic rings. The van der Waals surface area contributed by atoms with Crippen LogP contribution in [0.3, 0.4) is 0 Å². The van der Waals surface area contributed by atoms with Gasteiger partial charge in [-0.05, 0) is 30.7 Å². The summed E-state index contributed by atoms with van der Waals surface area (Å²) in [4.78, 5) is 21.6. The van der Waals surface area contributed by atoms with Crippen LogP contribution in [0.1, 0.15) is 66.1 Å². The minimum atomic E-state index is 0.0526. The van der Waals surface area contributed by atoms with Gasteiger partial charge in [-0.15, -0.1) is 0 Å². The lowest BCUT2D eigenvalue weighted by atomic mass is 9.82. The van der Waals surface area contributed by atoms with E-state index in [2.05, 4.69) is 27.4 Å². The molecule has 0 radical (unpaired) electrons. The van der Waals surface area contributed by atoms with E-state index in [0.29, 0.717) is 29.8 Å². The molecule has 2 aromatic rings. The van der Waals surface area contributed by atoms with Gasteiger partial charge in [0.1, 0.15) is 5.82 Å². The molecule has 25 heavy (non-hydrogen) atoms. The number of ketones is 1. The highest BCUT2D eigenvalue weighted by Crippen LogP contribution is 2.34. The molecule has 1 unspecified atom stereocenters. The van der Waals surface area contributed by atoms with Crippen molar-refractivity contribution >= 4 is 17.5 Å². The molecule has 3 N–H and O–H groups in total. The number of nitrogen functional groups attached to an aromatic ring is 1. The number of fused-ring (bicyclic) bond motifs is 1. The molecule has 1 fully saturated rings. The summed E-state index contributed by atoms with van der Waals surface area (Å²) in [6.07, 6.45) is 7.28. The van der Waals surface area contributed by atoms with Gasteiger partial charge in [0, 0.05) is 12.5 Å². The normalized spacial score (nSPS) is 21.0. The van der Waals surface area contributed by atoms with E-state index in [-0.39, 0.29) is 11.7 Å². The summed E-state index contributed by atoms with van der Waals surface area (Å²) in [7, 11) is 0. The Morgan fingerprint density at radius 3 is 2.52 bits per heavy atom. The molecule has 4 rings (SSSR count). The number of carbonyl (C=O) groups excluding carboxylic acids is 1. The summed E-state index contributed by atoms with van der Waals surface area (Å²) in [5.41, 5.74) is 8.61. The Hall–Kier alpha value is -2.43. The predicted molar refractivity (Wildman–Crippen MR) is 98.8 cm³/mol. The molecule has 1 saturated carbocycles. The molecule has 130 valence electrons. The molecule has 0 bridgehead atoms. The lowest BCUT2D eigenvalue weighted by Gasteiger charge is -2.26. The second kappa shape index (κ2) is 6.82. The SMILES string of the molecule is Nc1nc(NC2CCCCC2)nc2c1C(=O)CC(c1ccccc1)C2. The quantitative estimate of drug-likeness (QED) is 0.893. The monoisotopic (exact) mass is 336 g/mol. The van der Waals surface area contributed by atoms with Crippen LogP contribution in [0.5, 0.6) is 0 Å². The van der Waals surface area contributed by atoms with Crippen LogP contribution in [0, 0.1) is 0 Å². The van der Waals surface area contributed by atoms with Crippen LogP contribution in [-0.2, 0) is 6.42 Å². The molecule has 1 aromatic carbocycles. The number of nitrogens with zero attached hydrogens (tertiary/aromatic N) is 2. The van der Waals surface area contributed by atoms with E-state index in [1.165, 1.54) is 24.8 Å². The van der Waals surface area contributed by atoms with Crippen LogP contribution in [0.15, 0.2) is 30.3 Å². The number of benzene rings is 1. The molecule has 0 amide bonds. The van der Waals surface area contributed by atoms with Crippen LogP contribution in [0.25, 0.3) is 0 Å². The summed E-state index contributed by atoms with van der Waals surface area (Å²) in [5.74, 6) is 1.11. The van der Waals surface area contributed by atoms with Crippen molar-refractivity contribution in [3.63, 3.8) is 0 Å². The van der Waals surface area contributed by atoms with Gasteiger partial charge < -0.3 is 11.1 Å². The van der Waals surface area contributed by atoms with E-state index in [0.717, 1.165) is 25.0 Å². The van der Waals surface area contributed by atoms with Gasteiger partial charge in [-0.3, -0.25) is 4.79 Å². The molecule has 1 aromatic heterocycles. The van der Waals surface area contributed by atoms with Crippen LogP contribution in [0.2, 0.25) is 0 Å². The number of aromatic nitrogens is 2. The number of nitrogens with two attached hydrogens (primary N) is 1. The first kappa shape index (κ1) is 16.1. The standard InChI is InChI=1S/C20H24N4O/c21-19-18-16(23-20(24-19)22-15-9-5-2-6-10-15)11-14(12-17(18)25)13-7-3-1-4-8-13/h1,3-4,7-8,14-15H,2,5-6,9-12H2,(H3,21,22,23,24). The third-order valence-electron chi connectivity index (χ3n) is 5.37. The Balaban J connectivity index is 1.61. The number of rotatable bonds is 3. The highest BCUT2D eigenvalue weighted by atomic mass is 16.1. The number of hydrogen-bond acceptors (Lipinski definition) is 5. The first-order valence-electron chi connectivity index (χ1n) is 9.22. The van der Waals surface area contributed by atoms with E-state index < -0.39 is 0 Å². The van der Waals surface area contributed by atoms with Crippen LogP contribution in [-0.4, -0.2) is 21.8 Å². The molecular formula is C20H24N4O. The van der Waals surface area contributed by atoms with Gasteiger partial charge >= 0.3 is 0 Å². The Kier molecular flexibility index (Phi) is 4.38. The van der Waals surface area contributed by atoms with E-state index in [1.807, 2.05) is 18.2 Å². The third kappa shape index (κ3) is 3.36. The highest BCUT2D eigenvalue weighted by Gasteiger charge is 2.30. The average molecular weight is 336 g/mol. The van der Waals surface area contributed by atoms with Gasteiger partial charge in [-0.2, -0.15) is 4.98 Å². The maximum atomic E-state index is 12.6. The molecule has 0 saturated heterocycles. The molecule has 1 heterocycles. The maximum Gasteiger partial charge on any atom is 0.225 e. The van der Waals surface area contributed by atoms with Gasteiger partial charge in [-0.25, -0.2) is 4.98 Å². The predicted octanol–water partition coefficient (Wildman–Crippen LogP) is 3.72. The first-order chi connectivity index (χ1) is 12.2. The molecular weight excluding hydrogens is 312 g/mol. The summed E-state index contributed by atoms with van der Waals surface area (Å²) >= 11 is 0. The smallest absolute Gasteiger partial charge is 0.225 e. The zero-order valence-corrected chi connectivity index (χ0v) is 14.4. The van der Waals surface area contributed by atoms with Gasteiger partial charge in [0.05, 0.1) is 11.3 Å². The topological polar surface area (TPSA) is 80.9 Å². The fourth-order valence-electron chi connectivity index (χ4n) is 4.06.